The summed E-state index contributed by atoms with van der Waals surface area (Å²) < 4.78 is 0. The lowest BCUT2D eigenvalue weighted by Gasteiger charge is -2.46. The summed E-state index contributed by atoms with van der Waals surface area (Å²) in [5.41, 5.74) is 3.65. The van der Waals surface area contributed by atoms with Crippen molar-refractivity contribution in [1.29, 1.82) is 0 Å². The van der Waals surface area contributed by atoms with Crippen LogP contribution >= 0.6 is 0 Å². The van der Waals surface area contributed by atoms with E-state index in [0.29, 0.717) is 26.2 Å². The van der Waals surface area contributed by atoms with Crippen molar-refractivity contribution in [2.75, 3.05) is 38.1 Å². The molecule has 1 aromatic carbocycles. The van der Waals surface area contributed by atoms with Gasteiger partial charge < -0.3 is 9.80 Å². The van der Waals surface area contributed by atoms with Gasteiger partial charge in [-0.2, -0.15) is 0 Å². The summed E-state index contributed by atoms with van der Waals surface area (Å²) in [7, 11) is 1.99. The van der Waals surface area contributed by atoms with E-state index in [1.165, 1.54) is 5.56 Å². The average Bonchev–Trinajstić information content (AvgIpc) is 3.12. The minimum absolute atomic E-state index is 0.0678. The van der Waals surface area contributed by atoms with Gasteiger partial charge in [0.25, 0.3) is 5.91 Å². The third kappa shape index (κ3) is 3.18. The van der Waals surface area contributed by atoms with Crippen LogP contribution < -0.4 is 4.90 Å². The van der Waals surface area contributed by atoms with Crippen LogP contribution in [0, 0.1) is 13.8 Å². The van der Waals surface area contributed by atoms with Crippen LogP contribution in [0.25, 0.3) is 0 Å². The zero-order chi connectivity index (χ0) is 19.9. The highest BCUT2D eigenvalue weighted by atomic mass is 16.2. The minimum atomic E-state index is -0.223. The minimum Gasteiger partial charge on any atom is -0.337 e. The molecule has 2 aliphatic heterocycles. The van der Waals surface area contributed by atoms with E-state index in [9.17, 15) is 9.59 Å². The number of hydrogen-bond acceptors (Lipinski definition) is 4. The highest BCUT2D eigenvalue weighted by molar-refractivity contribution is 5.97. The van der Waals surface area contributed by atoms with Crippen molar-refractivity contribution in [2.45, 2.75) is 25.8 Å². The molecule has 28 heavy (non-hydrogen) atoms. The van der Waals surface area contributed by atoms with Crippen LogP contribution in [0.2, 0.25) is 0 Å². The Bertz CT molecular complexity index is 914. The maximum absolute atomic E-state index is 13.1. The van der Waals surface area contributed by atoms with Crippen molar-refractivity contribution >= 4 is 17.5 Å². The van der Waals surface area contributed by atoms with Gasteiger partial charge in [-0.3, -0.25) is 19.5 Å². The normalized spacial score (nSPS) is 22.9. The fraction of sp³-hybridized carbons (Fsp3) is 0.409. The number of anilines is 1. The van der Waals surface area contributed by atoms with E-state index >= 15 is 0 Å². The van der Waals surface area contributed by atoms with Crippen LogP contribution in [-0.4, -0.2) is 65.4 Å². The number of aromatic nitrogens is 1. The summed E-state index contributed by atoms with van der Waals surface area (Å²) in [4.78, 5) is 35.7. The number of hydrogen-bond donors (Lipinski definition) is 0. The Balaban J connectivity index is 1.56. The number of aryl methyl sites for hydroxylation is 2. The topological polar surface area (TPSA) is 56.8 Å². The summed E-state index contributed by atoms with van der Waals surface area (Å²) in [6, 6.07) is 9.64. The number of piperazine rings is 1. The fourth-order valence-corrected chi connectivity index (χ4v) is 4.24. The molecule has 2 fully saturated rings. The lowest BCUT2D eigenvalue weighted by Crippen LogP contribution is -2.64. The molecular weight excluding hydrogens is 352 g/mol. The molecule has 2 aromatic rings. The van der Waals surface area contributed by atoms with Crippen LogP contribution in [-0.2, 0) is 4.79 Å². The smallest absolute Gasteiger partial charge is 0.253 e. The predicted molar refractivity (Wildman–Crippen MR) is 108 cm³/mol. The maximum Gasteiger partial charge on any atom is 0.253 e. The molecule has 146 valence electrons. The summed E-state index contributed by atoms with van der Waals surface area (Å²) in [5.74, 6) is 0.137. The molecule has 0 N–H and O–H groups in total. The van der Waals surface area contributed by atoms with Gasteiger partial charge in [-0.25, -0.2) is 0 Å². The Labute approximate surface area is 165 Å². The van der Waals surface area contributed by atoms with Gasteiger partial charge in [0.15, 0.2) is 0 Å². The second kappa shape index (κ2) is 7.02. The van der Waals surface area contributed by atoms with E-state index in [1.54, 1.807) is 12.4 Å². The number of nitrogens with zero attached hydrogens (tertiary/aromatic N) is 4. The fourth-order valence-electron chi connectivity index (χ4n) is 4.24. The van der Waals surface area contributed by atoms with Crippen molar-refractivity contribution < 1.29 is 9.59 Å². The molecule has 0 bridgehead atoms. The second-order valence-corrected chi connectivity index (χ2v) is 8.05. The Kier molecular flexibility index (Phi) is 4.67. The molecule has 1 spiro atoms. The first-order valence-corrected chi connectivity index (χ1v) is 9.68. The number of likely N-dealkylation sites (tertiary alicyclic amines) is 1. The molecular formula is C22H26N4O2. The van der Waals surface area contributed by atoms with Gasteiger partial charge in [0.05, 0.1) is 24.0 Å². The largest absolute Gasteiger partial charge is 0.337 e. The van der Waals surface area contributed by atoms with E-state index in [1.807, 2.05) is 54.1 Å². The molecule has 0 radical (unpaired) electrons. The SMILES string of the molecule is Cc1ccc(C(=O)N2CC[C@@]3(C2)CN(c2cccnc2)C(=O)CN3C)cc1C. The molecule has 3 heterocycles. The number of benzene rings is 1. The van der Waals surface area contributed by atoms with Crippen LogP contribution in [0.1, 0.15) is 27.9 Å². The van der Waals surface area contributed by atoms with E-state index in [-0.39, 0.29) is 17.4 Å². The summed E-state index contributed by atoms with van der Waals surface area (Å²) in [5, 5.41) is 0. The highest BCUT2D eigenvalue weighted by Gasteiger charge is 2.48. The highest BCUT2D eigenvalue weighted by Crippen LogP contribution is 2.33. The van der Waals surface area contributed by atoms with E-state index < -0.39 is 0 Å². The predicted octanol–water partition coefficient (Wildman–Crippen LogP) is 2.26. The van der Waals surface area contributed by atoms with Crippen molar-refractivity contribution in [1.82, 2.24) is 14.8 Å². The van der Waals surface area contributed by atoms with E-state index in [2.05, 4.69) is 16.8 Å². The Morgan fingerprint density at radius 3 is 2.68 bits per heavy atom. The van der Waals surface area contributed by atoms with Crippen LogP contribution in [0.5, 0.6) is 0 Å². The molecule has 4 rings (SSSR count). The molecule has 2 amide bonds. The van der Waals surface area contributed by atoms with Crippen LogP contribution in [0.3, 0.4) is 0 Å². The second-order valence-electron chi connectivity index (χ2n) is 8.05. The number of rotatable bonds is 2. The van der Waals surface area contributed by atoms with Crippen LogP contribution in [0.4, 0.5) is 5.69 Å². The van der Waals surface area contributed by atoms with E-state index in [0.717, 1.165) is 23.2 Å². The molecule has 0 unspecified atom stereocenters. The molecule has 6 nitrogen and oxygen atoms in total. The molecule has 0 saturated carbocycles. The maximum atomic E-state index is 13.1. The van der Waals surface area contributed by atoms with Gasteiger partial charge in [-0.1, -0.05) is 6.07 Å². The first kappa shape index (κ1) is 18.6. The molecule has 2 saturated heterocycles. The number of pyridine rings is 1. The Hall–Kier alpha value is -2.73. The zero-order valence-corrected chi connectivity index (χ0v) is 16.7. The van der Waals surface area contributed by atoms with Crippen molar-refractivity contribution in [3.05, 3.63) is 59.4 Å². The number of carbonyl (C=O) groups excluding carboxylic acids is 2. The third-order valence-corrected chi connectivity index (χ3v) is 6.27. The van der Waals surface area contributed by atoms with Gasteiger partial charge >= 0.3 is 0 Å². The number of likely N-dealkylation sites (N-methyl/N-ethyl adjacent to an activating group) is 1. The lowest BCUT2D eigenvalue weighted by molar-refractivity contribution is -0.123. The third-order valence-electron chi connectivity index (χ3n) is 6.27. The van der Waals surface area contributed by atoms with E-state index in [4.69, 9.17) is 0 Å². The van der Waals surface area contributed by atoms with Gasteiger partial charge in [0.1, 0.15) is 0 Å². The first-order valence-electron chi connectivity index (χ1n) is 9.68. The number of amides is 2. The number of carbonyl (C=O) groups is 2. The Morgan fingerprint density at radius 2 is 1.96 bits per heavy atom. The van der Waals surface area contributed by atoms with Crippen molar-refractivity contribution in [2.24, 2.45) is 0 Å². The summed E-state index contributed by atoms with van der Waals surface area (Å²) in [6.07, 6.45) is 4.29. The molecule has 6 heteroatoms. The summed E-state index contributed by atoms with van der Waals surface area (Å²) >= 11 is 0. The quantitative estimate of drug-likeness (QED) is 0.804. The van der Waals surface area contributed by atoms with Gasteiger partial charge in [-0.15, -0.1) is 0 Å². The lowest BCUT2D eigenvalue weighted by atomic mass is 9.92. The molecule has 1 atom stereocenters. The average molecular weight is 378 g/mol. The van der Waals surface area contributed by atoms with Gasteiger partial charge in [-0.05, 0) is 62.7 Å². The van der Waals surface area contributed by atoms with Crippen LogP contribution in [0.15, 0.2) is 42.7 Å². The first-order chi connectivity index (χ1) is 13.4. The zero-order valence-electron chi connectivity index (χ0n) is 16.7. The van der Waals surface area contributed by atoms with Gasteiger partial charge in [0.2, 0.25) is 5.91 Å². The van der Waals surface area contributed by atoms with Gasteiger partial charge in [0, 0.05) is 31.4 Å². The monoisotopic (exact) mass is 378 g/mol. The van der Waals surface area contributed by atoms with Crippen molar-refractivity contribution in [3.8, 4) is 0 Å². The summed E-state index contributed by atoms with van der Waals surface area (Å²) in [6.45, 7) is 6.33. The Morgan fingerprint density at radius 1 is 1.14 bits per heavy atom. The van der Waals surface area contributed by atoms with Crippen molar-refractivity contribution in [3.63, 3.8) is 0 Å². The standard InChI is InChI=1S/C22H26N4O2/c1-16-6-7-18(11-17(16)2)21(28)25-10-8-22(14-25)15-26(20(27)13-24(22)3)19-5-4-9-23-12-19/h4-7,9,11-12H,8,10,13-15H2,1-3H3/t22-/m1/s1. The molecule has 2 aliphatic rings. The molecule has 1 aromatic heterocycles. The molecule has 0 aliphatic carbocycles.